The van der Waals surface area contributed by atoms with Gasteiger partial charge in [0.1, 0.15) is 5.41 Å². The van der Waals surface area contributed by atoms with Crippen LogP contribution >= 0.6 is 0 Å². The van der Waals surface area contributed by atoms with Gasteiger partial charge in [0.15, 0.2) is 0 Å². The first-order valence-electron chi connectivity index (χ1n) is 13.5. The van der Waals surface area contributed by atoms with E-state index in [1.54, 1.807) is 0 Å². The molecule has 2 bridgehead atoms. The SMILES string of the molecule is C[N+]1(CCC2CCCCC2)[C@@H]2CC[C@H]1C[C@@H](CC(C#N)(c1ccccc1)c1ccccc1)C2. The molecule has 2 heteroatoms. The zero-order valence-corrected chi connectivity index (χ0v) is 20.5. The van der Waals surface area contributed by atoms with Gasteiger partial charge in [-0.2, -0.15) is 5.26 Å². The molecule has 0 N–H and O–H groups in total. The highest BCUT2D eigenvalue weighted by Crippen LogP contribution is 2.49. The Morgan fingerprint density at radius 3 is 1.85 bits per heavy atom. The minimum Gasteiger partial charge on any atom is -0.321 e. The van der Waals surface area contributed by atoms with Crippen LogP contribution in [0.2, 0.25) is 0 Å². The number of hydrogen-bond acceptors (Lipinski definition) is 1. The molecule has 2 aromatic carbocycles. The third kappa shape index (κ3) is 4.38. The Labute approximate surface area is 201 Å². The highest BCUT2D eigenvalue weighted by Gasteiger charge is 2.52. The maximum atomic E-state index is 10.6. The fraction of sp³-hybridized carbons (Fsp3) is 0.581. The summed E-state index contributed by atoms with van der Waals surface area (Å²) in [5.74, 6) is 1.61. The molecule has 1 unspecified atom stereocenters. The van der Waals surface area contributed by atoms with Gasteiger partial charge in [0.25, 0.3) is 0 Å². The molecule has 2 aliphatic heterocycles. The molecule has 2 aromatic rings. The van der Waals surface area contributed by atoms with Crippen molar-refractivity contribution >= 4 is 0 Å². The number of piperidine rings is 1. The second-order valence-corrected chi connectivity index (χ2v) is 11.5. The van der Waals surface area contributed by atoms with E-state index in [-0.39, 0.29) is 0 Å². The molecule has 2 saturated heterocycles. The lowest BCUT2D eigenvalue weighted by Crippen LogP contribution is -2.58. The largest absolute Gasteiger partial charge is 0.321 e. The zero-order valence-electron chi connectivity index (χ0n) is 20.5. The van der Waals surface area contributed by atoms with Gasteiger partial charge in [-0.25, -0.2) is 0 Å². The van der Waals surface area contributed by atoms with Crippen LogP contribution in [0.15, 0.2) is 60.7 Å². The average Bonchev–Trinajstić information content (AvgIpc) is 3.03. The van der Waals surface area contributed by atoms with Gasteiger partial charge < -0.3 is 4.48 Å². The second-order valence-electron chi connectivity index (χ2n) is 11.5. The van der Waals surface area contributed by atoms with Crippen molar-refractivity contribution in [2.45, 2.75) is 88.1 Å². The van der Waals surface area contributed by atoms with E-state index in [2.05, 4.69) is 73.8 Å². The first-order chi connectivity index (χ1) is 16.1. The van der Waals surface area contributed by atoms with E-state index >= 15 is 0 Å². The summed E-state index contributed by atoms with van der Waals surface area (Å²) in [6.07, 6.45) is 15.1. The van der Waals surface area contributed by atoms with Gasteiger partial charge >= 0.3 is 0 Å². The number of fused-ring (bicyclic) bond motifs is 2. The highest BCUT2D eigenvalue weighted by atomic mass is 15.4. The number of benzene rings is 2. The molecule has 0 aromatic heterocycles. The van der Waals surface area contributed by atoms with Gasteiger partial charge in [0.05, 0.1) is 31.7 Å². The van der Waals surface area contributed by atoms with E-state index in [1.807, 2.05) is 0 Å². The number of nitriles is 1. The van der Waals surface area contributed by atoms with Crippen LogP contribution in [0.5, 0.6) is 0 Å². The van der Waals surface area contributed by atoms with Crippen molar-refractivity contribution in [3.8, 4) is 6.07 Å². The Morgan fingerprint density at radius 2 is 1.33 bits per heavy atom. The Morgan fingerprint density at radius 1 is 0.788 bits per heavy atom. The molecule has 2 heterocycles. The molecule has 0 radical (unpaired) electrons. The summed E-state index contributed by atoms with van der Waals surface area (Å²) in [5.41, 5.74) is 1.77. The summed E-state index contributed by atoms with van der Waals surface area (Å²) in [4.78, 5) is 0. The molecular weight excluding hydrogens is 400 g/mol. The van der Waals surface area contributed by atoms with Gasteiger partial charge in [-0.1, -0.05) is 92.8 Å². The maximum Gasteiger partial charge on any atom is 0.107 e. The van der Waals surface area contributed by atoms with Gasteiger partial charge in [-0.3, -0.25) is 0 Å². The molecule has 174 valence electrons. The molecule has 2 nitrogen and oxygen atoms in total. The van der Waals surface area contributed by atoms with Crippen LogP contribution < -0.4 is 0 Å². The summed E-state index contributed by atoms with van der Waals surface area (Å²) in [5, 5.41) is 10.6. The van der Waals surface area contributed by atoms with Crippen molar-refractivity contribution in [1.29, 1.82) is 5.26 Å². The van der Waals surface area contributed by atoms with E-state index in [9.17, 15) is 5.26 Å². The Hall–Kier alpha value is -2.11. The van der Waals surface area contributed by atoms with Crippen molar-refractivity contribution in [1.82, 2.24) is 0 Å². The Bertz CT molecular complexity index is 884. The van der Waals surface area contributed by atoms with Crippen molar-refractivity contribution in [3.63, 3.8) is 0 Å². The van der Waals surface area contributed by atoms with Gasteiger partial charge in [0, 0.05) is 25.7 Å². The summed E-state index contributed by atoms with van der Waals surface area (Å²) >= 11 is 0. The summed E-state index contributed by atoms with van der Waals surface area (Å²) in [6.45, 7) is 1.38. The lowest BCUT2D eigenvalue weighted by atomic mass is 9.67. The lowest BCUT2D eigenvalue weighted by molar-refractivity contribution is -0.950. The monoisotopic (exact) mass is 441 g/mol. The number of hydrogen-bond donors (Lipinski definition) is 0. The molecular formula is C31H41N2+. The molecule has 3 aliphatic rings. The number of quaternary nitrogens is 1. The van der Waals surface area contributed by atoms with Crippen LogP contribution in [-0.2, 0) is 5.41 Å². The van der Waals surface area contributed by atoms with Gasteiger partial charge in [-0.05, 0) is 35.8 Å². The minimum atomic E-state index is -0.546. The van der Waals surface area contributed by atoms with Crippen LogP contribution in [0.4, 0.5) is 0 Å². The molecule has 0 amide bonds. The van der Waals surface area contributed by atoms with Crippen LogP contribution in [0.3, 0.4) is 0 Å². The number of rotatable bonds is 7. The Kier molecular flexibility index (Phi) is 6.62. The van der Waals surface area contributed by atoms with Crippen LogP contribution in [0.1, 0.15) is 81.8 Å². The Balaban J connectivity index is 1.34. The second kappa shape index (κ2) is 9.63. The fourth-order valence-electron chi connectivity index (χ4n) is 7.78. The molecule has 3 fully saturated rings. The zero-order chi connectivity index (χ0) is 22.7. The van der Waals surface area contributed by atoms with Crippen molar-refractivity contribution in [2.24, 2.45) is 11.8 Å². The predicted octanol–water partition coefficient (Wildman–Crippen LogP) is 7.24. The van der Waals surface area contributed by atoms with Crippen molar-refractivity contribution < 1.29 is 4.48 Å². The van der Waals surface area contributed by atoms with Gasteiger partial charge in [0.2, 0.25) is 0 Å². The summed E-state index contributed by atoms with van der Waals surface area (Å²) in [6, 6.07) is 25.6. The highest BCUT2D eigenvalue weighted by molar-refractivity contribution is 5.45. The van der Waals surface area contributed by atoms with Crippen LogP contribution in [0, 0.1) is 23.2 Å². The van der Waals surface area contributed by atoms with E-state index in [4.69, 9.17) is 0 Å². The molecule has 1 saturated carbocycles. The molecule has 5 rings (SSSR count). The van der Waals surface area contributed by atoms with Crippen LogP contribution in [-0.4, -0.2) is 30.2 Å². The van der Waals surface area contributed by atoms with Crippen LogP contribution in [0.25, 0.3) is 0 Å². The van der Waals surface area contributed by atoms with Crippen molar-refractivity contribution in [2.75, 3.05) is 13.6 Å². The van der Waals surface area contributed by atoms with E-state index in [1.165, 1.54) is 75.2 Å². The maximum absolute atomic E-state index is 10.6. The average molecular weight is 442 g/mol. The smallest absolute Gasteiger partial charge is 0.107 e. The fourth-order valence-corrected chi connectivity index (χ4v) is 7.78. The molecule has 4 atom stereocenters. The standard InChI is InChI=1S/C31H41N2/c1-33(20-19-25-11-5-2-6-12-25)29-17-18-30(33)22-26(21-29)23-31(24-32,27-13-7-3-8-14-27)28-15-9-4-10-16-28/h3-4,7-10,13-16,25-26,29-30H,2,5-6,11-12,17-23H2,1H3/q+1/t26-,29+,30-,33?. The third-order valence-electron chi connectivity index (χ3n) is 9.78. The predicted molar refractivity (Wildman–Crippen MR) is 136 cm³/mol. The van der Waals surface area contributed by atoms with Gasteiger partial charge in [-0.15, -0.1) is 0 Å². The normalized spacial score (nSPS) is 30.1. The van der Waals surface area contributed by atoms with E-state index < -0.39 is 5.41 Å². The summed E-state index contributed by atoms with van der Waals surface area (Å²) in [7, 11) is 2.58. The third-order valence-corrected chi connectivity index (χ3v) is 9.78. The molecule has 0 spiro atoms. The van der Waals surface area contributed by atoms with E-state index in [0.717, 1.165) is 35.5 Å². The van der Waals surface area contributed by atoms with Crippen molar-refractivity contribution in [3.05, 3.63) is 71.8 Å². The first-order valence-corrected chi connectivity index (χ1v) is 13.5. The molecule has 33 heavy (non-hydrogen) atoms. The minimum absolute atomic E-state index is 0.546. The van der Waals surface area contributed by atoms with E-state index in [0.29, 0.717) is 5.92 Å². The molecule has 1 aliphatic carbocycles. The topological polar surface area (TPSA) is 23.8 Å². The summed E-state index contributed by atoms with van der Waals surface area (Å²) < 4.78 is 1.32. The lowest BCUT2D eigenvalue weighted by Gasteiger charge is -2.49. The quantitative estimate of drug-likeness (QED) is 0.415. The first kappa shape index (κ1) is 22.7. The number of nitrogens with zero attached hydrogens (tertiary/aromatic N) is 2.